The number of amides is 3. The number of ether oxygens (including phenoxy) is 1. The number of methoxy groups -OCH3 is 1. The van der Waals surface area contributed by atoms with Gasteiger partial charge in [-0.15, -0.1) is 0 Å². The maximum atomic E-state index is 13.3. The predicted octanol–water partition coefficient (Wildman–Crippen LogP) is 4.28. The number of fused-ring (bicyclic) bond motifs is 1. The molecule has 1 aliphatic carbocycles. The highest BCUT2D eigenvalue weighted by molar-refractivity contribution is 6.30. The molecule has 2 N–H and O–H groups in total. The molecule has 4 rings (SSSR count). The first kappa shape index (κ1) is 27.1. The molecule has 10 nitrogen and oxygen atoms in total. The summed E-state index contributed by atoms with van der Waals surface area (Å²) in [6, 6.07) is 8.15. The maximum absolute atomic E-state index is 13.3. The Kier molecular flexibility index (Phi) is 8.31. The van der Waals surface area contributed by atoms with Crippen molar-refractivity contribution in [2.24, 2.45) is 11.8 Å². The molecule has 0 aliphatic heterocycles. The van der Waals surface area contributed by atoms with E-state index in [1.54, 1.807) is 49.3 Å². The normalized spacial score (nSPS) is 17.1. The number of furan rings is 1. The minimum absolute atomic E-state index is 0.0190. The molecule has 1 aliphatic rings. The van der Waals surface area contributed by atoms with Crippen LogP contribution in [0.5, 0.6) is 0 Å². The van der Waals surface area contributed by atoms with Crippen LogP contribution in [0.25, 0.3) is 11.0 Å². The lowest BCUT2D eigenvalue weighted by atomic mass is 9.81. The lowest BCUT2D eigenvalue weighted by Crippen LogP contribution is -2.35. The minimum Gasteiger partial charge on any atom is -0.469 e. The van der Waals surface area contributed by atoms with Crippen LogP contribution in [0.4, 0.5) is 11.5 Å². The van der Waals surface area contributed by atoms with Gasteiger partial charge in [0.05, 0.1) is 18.6 Å². The van der Waals surface area contributed by atoms with Crippen LogP contribution in [-0.4, -0.2) is 54.8 Å². The summed E-state index contributed by atoms with van der Waals surface area (Å²) in [5.74, 6) is -1.49. The van der Waals surface area contributed by atoms with Crippen LogP contribution in [0.15, 0.2) is 40.9 Å². The van der Waals surface area contributed by atoms with E-state index in [4.69, 9.17) is 20.8 Å². The number of pyridine rings is 1. The Hall–Kier alpha value is -3.92. The fraction of sp³-hybridized carbons (Fsp3) is 0.370. The van der Waals surface area contributed by atoms with Gasteiger partial charge in [0.2, 0.25) is 17.6 Å². The Morgan fingerprint density at radius 3 is 2.39 bits per heavy atom. The molecule has 0 bridgehead atoms. The molecule has 3 aromatic rings. The Morgan fingerprint density at radius 2 is 1.76 bits per heavy atom. The molecule has 200 valence electrons. The van der Waals surface area contributed by atoms with Gasteiger partial charge in [0.15, 0.2) is 0 Å². The number of carbonyl (C=O) groups is 4. The van der Waals surface area contributed by atoms with Gasteiger partial charge >= 0.3 is 5.97 Å². The SMILES string of the molecule is COC(=O)Cc1ccc2oc(C(=O)Nc3ccc(Cl)cn3)c(NC(=O)[C@H]3CC[C@H](C(=O)N(C)C)CC3)c2c1. The number of rotatable bonds is 7. The molecule has 1 saturated carbocycles. The molecule has 0 radical (unpaired) electrons. The summed E-state index contributed by atoms with van der Waals surface area (Å²) >= 11 is 5.88. The van der Waals surface area contributed by atoms with Crippen LogP contribution in [0.1, 0.15) is 41.8 Å². The quantitative estimate of drug-likeness (QED) is 0.427. The second kappa shape index (κ2) is 11.6. The van der Waals surface area contributed by atoms with Crippen LogP contribution in [-0.2, 0) is 25.5 Å². The second-order valence-corrected chi connectivity index (χ2v) is 9.91. The summed E-state index contributed by atoms with van der Waals surface area (Å²) in [5, 5.41) is 6.44. The largest absolute Gasteiger partial charge is 0.469 e. The van der Waals surface area contributed by atoms with Crippen molar-refractivity contribution in [1.82, 2.24) is 9.88 Å². The van der Waals surface area contributed by atoms with E-state index >= 15 is 0 Å². The zero-order valence-electron chi connectivity index (χ0n) is 21.4. The molecule has 0 atom stereocenters. The number of nitrogens with one attached hydrogen (secondary N) is 2. The van der Waals surface area contributed by atoms with E-state index in [9.17, 15) is 19.2 Å². The van der Waals surface area contributed by atoms with Gasteiger partial charge in [0, 0.05) is 37.5 Å². The van der Waals surface area contributed by atoms with Gasteiger partial charge in [0.25, 0.3) is 5.91 Å². The molecule has 0 spiro atoms. The van der Waals surface area contributed by atoms with E-state index in [1.165, 1.54) is 13.3 Å². The number of nitrogens with zero attached hydrogens (tertiary/aromatic N) is 2. The number of anilines is 2. The first-order valence-corrected chi connectivity index (χ1v) is 12.6. The average molecular weight is 541 g/mol. The zero-order valence-corrected chi connectivity index (χ0v) is 22.1. The van der Waals surface area contributed by atoms with E-state index in [1.807, 2.05) is 0 Å². The van der Waals surface area contributed by atoms with Crippen LogP contribution in [0.2, 0.25) is 5.02 Å². The highest BCUT2D eigenvalue weighted by atomic mass is 35.5. The molecule has 11 heteroatoms. The van der Waals surface area contributed by atoms with Crippen molar-refractivity contribution in [3.63, 3.8) is 0 Å². The zero-order chi connectivity index (χ0) is 27.4. The van der Waals surface area contributed by atoms with Gasteiger partial charge in [-0.1, -0.05) is 17.7 Å². The van der Waals surface area contributed by atoms with Crippen LogP contribution in [0, 0.1) is 11.8 Å². The first-order chi connectivity index (χ1) is 18.2. The van der Waals surface area contributed by atoms with Gasteiger partial charge in [-0.2, -0.15) is 0 Å². The Balaban J connectivity index is 1.61. The summed E-state index contributed by atoms with van der Waals surface area (Å²) in [6.07, 6.45) is 3.74. The van der Waals surface area contributed by atoms with E-state index in [0.717, 1.165) is 0 Å². The van der Waals surface area contributed by atoms with Crippen molar-refractivity contribution >= 4 is 57.8 Å². The molecule has 38 heavy (non-hydrogen) atoms. The van der Waals surface area contributed by atoms with Gasteiger partial charge in [-0.25, -0.2) is 4.98 Å². The van der Waals surface area contributed by atoms with Crippen molar-refractivity contribution in [2.45, 2.75) is 32.1 Å². The van der Waals surface area contributed by atoms with E-state index < -0.39 is 11.9 Å². The molecule has 3 amide bonds. The van der Waals surface area contributed by atoms with Gasteiger partial charge in [-0.05, 0) is 55.5 Å². The van der Waals surface area contributed by atoms with Crippen LogP contribution >= 0.6 is 11.6 Å². The molecule has 1 aromatic carbocycles. The van der Waals surface area contributed by atoms with Crippen LogP contribution in [0.3, 0.4) is 0 Å². The fourth-order valence-electron chi connectivity index (χ4n) is 4.59. The van der Waals surface area contributed by atoms with Crippen molar-refractivity contribution in [2.75, 3.05) is 31.8 Å². The number of hydrogen-bond acceptors (Lipinski definition) is 7. The Bertz CT molecular complexity index is 1360. The summed E-state index contributed by atoms with van der Waals surface area (Å²) in [7, 11) is 4.76. The summed E-state index contributed by atoms with van der Waals surface area (Å²) in [5.41, 5.74) is 1.20. The van der Waals surface area contributed by atoms with E-state index in [2.05, 4.69) is 15.6 Å². The van der Waals surface area contributed by atoms with Gasteiger partial charge < -0.3 is 24.7 Å². The third-order valence-corrected chi connectivity index (χ3v) is 6.86. The van der Waals surface area contributed by atoms with Crippen LogP contribution < -0.4 is 10.6 Å². The fourth-order valence-corrected chi connectivity index (χ4v) is 4.71. The Labute approximate surface area is 224 Å². The molecule has 2 aromatic heterocycles. The smallest absolute Gasteiger partial charge is 0.309 e. The van der Waals surface area contributed by atoms with Gasteiger partial charge in [-0.3, -0.25) is 19.2 Å². The molecular weight excluding hydrogens is 512 g/mol. The third-order valence-electron chi connectivity index (χ3n) is 6.64. The van der Waals surface area contributed by atoms with E-state index in [-0.39, 0.29) is 47.3 Å². The summed E-state index contributed by atoms with van der Waals surface area (Å²) in [4.78, 5) is 56.3. The van der Waals surface area contributed by atoms with E-state index in [0.29, 0.717) is 47.2 Å². The predicted molar refractivity (Wildman–Crippen MR) is 142 cm³/mol. The lowest BCUT2D eigenvalue weighted by molar-refractivity contribution is -0.139. The lowest BCUT2D eigenvalue weighted by Gasteiger charge is -2.28. The van der Waals surface area contributed by atoms with Crippen molar-refractivity contribution in [1.29, 1.82) is 0 Å². The number of hydrogen-bond donors (Lipinski definition) is 2. The Morgan fingerprint density at radius 1 is 1.05 bits per heavy atom. The number of esters is 1. The molecule has 1 fully saturated rings. The minimum atomic E-state index is -0.610. The highest BCUT2D eigenvalue weighted by Crippen LogP contribution is 2.35. The number of halogens is 1. The number of carbonyl (C=O) groups excluding carboxylic acids is 4. The average Bonchev–Trinajstić information content (AvgIpc) is 3.27. The summed E-state index contributed by atoms with van der Waals surface area (Å²) < 4.78 is 10.6. The highest BCUT2D eigenvalue weighted by Gasteiger charge is 2.32. The second-order valence-electron chi connectivity index (χ2n) is 9.48. The first-order valence-electron chi connectivity index (χ1n) is 12.2. The molecule has 0 unspecified atom stereocenters. The number of aromatic nitrogens is 1. The topological polar surface area (TPSA) is 131 Å². The van der Waals surface area contributed by atoms with Gasteiger partial charge in [0.1, 0.15) is 17.1 Å². The molecule has 2 heterocycles. The third kappa shape index (κ3) is 6.13. The summed E-state index contributed by atoms with van der Waals surface area (Å²) in [6.45, 7) is 0. The van der Waals surface area contributed by atoms with Crippen molar-refractivity contribution in [3.05, 3.63) is 52.9 Å². The maximum Gasteiger partial charge on any atom is 0.309 e. The molecular formula is C27H29ClN4O6. The van der Waals surface area contributed by atoms with Crippen molar-refractivity contribution in [3.8, 4) is 0 Å². The van der Waals surface area contributed by atoms with Crippen molar-refractivity contribution < 1.29 is 28.3 Å². The monoisotopic (exact) mass is 540 g/mol. The standard InChI is InChI=1S/C27H29ClN4O6/c1-32(2)27(36)17-7-5-16(6-8-17)25(34)31-23-19-12-15(13-22(33)37-3)4-10-20(19)38-24(23)26(35)30-21-11-9-18(28)14-29-21/h4,9-12,14,16-17H,5-8,13H2,1-3H3,(H,31,34)(H,29,30,35)/t16-,17-. The molecule has 0 saturated heterocycles. The number of benzene rings is 1.